The van der Waals surface area contributed by atoms with Gasteiger partial charge in [-0.25, -0.2) is 9.67 Å². The first-order chi connectivity index (χ1) is 6.50. The number of hydrogen-bond acceptors (Lipinski definition) is 3. The summed E-state index contributed by atoms with van der Waals surface area (Å²) in [6.45, 7) is 9.99. The number of hydrogen-bond donors (Lipinski definition) is 0. The minimum atomic E-state index is -0.300. The Bertz CT molecular complexity index is 259. The Kier molecular flexibility index (Phi) is 5.05. The van der Waals surface area contributed by atoms with Crippen LogP contribution in [0.1, 0.15) is 34.6 Å². The molecule has 1 heterocycles. The highest BCUT2D eigenvalue weighted by Crippen LogP contribution is 2.14. The minimum Gasteiger partial charge on any atom is -0.297 e. The molecule has 0 radical (unpaired) electrons. The molecule has 1 aromatic rings. The van der Waals surface area contributed by atoms with Crippen LogP contribution in [0, 0.1) is 5.41 Å². The smallest absolute Gasteiger partial charge is 0.159 e. The van der Waals surface area contributed by atoms with Crippen LogP contribution in [0.5, 0.6) is 0 Å². The predicted molar refractivity (Wildman–Crippen MR) is 55.8 cm³/mol. The second kappa shape index (κ2) is 5.52. The van der Waals surface area contributed by atoms with Crippen LogP contribution < -0.4 is 0 Å². The number of nitrogens with zero attached hydrogens (tertiary/aromatic N) is 3. The van der Waals surface area contributed by atoms with Crippen molar-refractivity contribution in [3.63, 3.8) is 0 Å². The Morgan fingerprint density at radius 2 is 1.93 bits per heavy atom. The van der Waals surface area contributed by atoms with Gasteiger partial charge in [0.15, 0.2) is 5.78 Å². The van der Waals surface area contributed by atoms with Crippen molar-refractivity contribution >= 4 is 5.78 Å². The van der Waals surface area contributed by atoms with E-state index >= 15 is 0 Å². The third-order valence-electron chi connectivity index (χ3n) is 1.61. The standard InChI is InChI=1S/C8H13N3O.C2H6/c1-8(2,3)7(12)4-11-6-9-5-10-11;1-2/h5-6H,4H2,1-3H3;1-2H3. The van der Waals surface area contributed by atoms with E-state index in [2.05, 4.69) is 10.1 Å². The molecule has 0 unspecified atom stereocenters. The molecule has 1 rings (SSSR count). The van der Waals surface area contributed by atoms with Crippen LogP contribution in [0.2, 0.25) is 0 Å². The van der Waals surface area contributed by atoms with Crippen LogP contribution in [-0.2, 0) is 11.3 Å². The van der Waals surface area contributed by atoms with Crippen molar-refractivity contribution < 1.29 is 4.79 Å². The predicted octanol–water partition coefficient (Wildman–Crippen LogP) is 1.92. The van der Waals surface area contributed by atoms with Gasteiger partial charge in [0.1, 0.15) is 19.2 Å². The maximum atomic E-state index is 11.4. The normalized spacial score (nSPS) is 10.4. The Labute approximate surface area is 85.3 Å². The summed E-state index contributed by atoms with van der Waals surface area (Å²) < 4.78 is 1.54. The van der Waals surface area contributed by atoms with Gasteiger partial charge in [0, 0.05) is 5.41 Å². The van der Waals surface area contributed by atoms with E-state index in [1.807, 2.05) is 34.6 Å². The van der Waals surface area contributed by atoms with Gasteiger partial charge in [-0.2, -0.15) is 5.10 Å². The third-order valence-corrected chi connectivity index (χ3v) is 1.61. The van der Waals surface area contributed by atoms with Crippen LogP contribution in [0.3, 0.4) is 0 Å². The molecule has 0 fully saturated rings. The molecule has 0 atom stereocenters. The van der Waals surface area contributed by atoms with Crippen molar-refractivity contribution in [2.24, 2.45) is 5.41 Å². The van der Waals surface area contributed by atoms with Gasteiger partial charge >= 0.3 is 0 Å². The number of carbonyl (C=O) groups excluding carboxylic acids is 1. The lowest BCUT2D eigenvalue weighted by Crippen LogP contribution is -2.25. The van der Waals surface area contributed by atoms with Gasteiger partial charge in [0.2, 0.25) is 0 Å². The summed E-state index contributed by atoms with van der Waals surface area (Å²) in [5.74, 6) is 0.160. The van der Waals surface area contributed by atoms with E-state index in [-0.39, 0.29) is 11.2 Å². The molecule has 4 nitrogen and oxygen atoms in total. The molecule has 0 spiro atoms. The monoisotopic (exact) mass is 197 g/mol. The van der Waals surface area contributed by atoms with E-state index in [9.17, 15) is 4.79 Å². The molecule has 4 heteroatoms. The van der Waals surface area contributed by atoms with Gasteiger partial charge in [-0.15, -0.1) is 0 Å². The molecule has 0 aliphatic rings. The van der Waals surface area contributed by atoms with Gasteiger partial charge in [0.05, 0.1) is 0 Å². The fourth-order valence-corrected chi connectivity index (χ4v) is 0.699. The maximum Gasteiger partial charge on any atom is 0.159 e. The molecule has 0 amide bonds. The summed E-state index contributed by atoms with van der Waals surface area (Å²) in [6, 6.07) is 0. The summed E-state index contributed by atoms with van der Waals surface area (Å²) in [4.78, 5) is 15.2. The molecule has 1 aromatic heterocycles. The lowest BCUT2D eigenvalue weighted by molar-refractivity contribution is -0.127. The summed E-state index contributed by atoms with van der Waals surface area (Å²) in [6.07, 6.45) is 2.97. The topological polar surface area (TPSA) is 47.8 Å². The molecule has 0 aromatic carbocycles. The highest BCUT2D eigenvalue weighted by molar-refractivity contribution is 5.83. The van der Waals surface area contributed by atoms with E-state index in [0.29, 0.717) is 6.54 Å². The second-order valence-electron chi connectivity index (χ2n) is 3.77. The lowest BCUT2D eigenvalue weighted by Gasteiger charge is -2.15. The summed E-state index contributed by atoms with van der Waals surface area (Å²) in [7, 11) is 0. The van der Waals surface area contributed by atoms with E-state index in [1.54, 1.807) is 6.33 Å². The van der Waals surface area contributed by atoms with Crippen LogP contribution in [-0.4, -0.2) is 20.5 Å². The quantitative estimate of drug-likeness (QED) is 0.727. The largest absolute Gasteiger partial charge is 0.297 e. The van der Waals surface area contributed by atoms with Gasteiger partial charge in [-0.1, -0.05) is 34.6 Å². The number of rotatable bonds is 2. The lowest BCUT2D eigenvalue weighted by atomic mass is 9.91. The number of carbonyl (C=O) groups is 1. The molecule has 0 bridgehead atoms. The molecule has 0 saturated carbocycles. The molecule has 80 valence electrons. The van der Waals surface area contributed by atoms with Crippen molar-refractivity contribution in [2.75, 3.05) is 0 Å². The average molecular weight is 197 g/mol. The molecule has 0 N–H and O–H groups in total. The fourth-order valence-electron chi connectivity index (χ4n) is 0.699. The molecule has 0 aliphatic carbocycles. The van der Waals surface area contributed by atoms with Crippen LogP contribution in [0.4, 0.5) is 0 Å². The van der Waals surface area contributed by atoms with E-state index < -0.39 is 0 Å². The average Bonchev–Trinajstić information content (AvgIpc) is 2.59. The Balaban J connectivity index is 0.000000791. The summed E-state index contributed by atoms with van der Waals surface area (Å²) in [5.41, 5.74) is -0.300. The zero-order valence-electron chi connectivity index (χ0n) is 9.61. The summed E-state index contributed by atoms with van der Waals surface area (Å²) in [5, 5.41) is 3.85. The van der Waals surface area contributed by atoms with Crippen molar-refractivity contribution in [1.82, 2.24) is 14.8 Å². The Morgan fingerprint density at radius 3 is 2.29 bits per heavy atom. The molecule has 0 aliphatic heterocycles. The minimum absolute atomic E-state index is 0.160. The van der Waals surface area contributed by atoms with Gasteiger partial charge < -0.3 is 0 Å². The Morgan fingerprint density at radius 1 is 1.36 bits per heavy atom. The van der Waals surface area contributed by atoms with Gasteiger partial charge in [-0.05, 0) is 0 Å². The third kappa shape index (κ3) is 4.16. The van der Waals surface area contributed by atoms with Gasteiger partial charge in [0.25, 0.3) is 0 Å². The first kappa shape index (κ1) is 12.8. The number of aromatic nitrogens is 3. The SMILES string of the molecule is CC.CC(C)(C)C(=O)Cn1cncn1. The van der Waals surface area contributed by atoms with E-state index in [1.165, 1.54) is 11.0 Å². The van der Waals surface area contributed by atoms with Crippen molar-refractivity contribution in [1.29, 1.82) is 0 Å². The maximum absolute atomic E-state index is 11.4. The fraction of sp³-hybridized carbons (Fsp3) is 0.700. The highest BCUT2D eigenvalue weighted by atomic mass is 16.1. The molecule has 0 saturated heterocycles. The van der Waals surface area contributed by atoms with Crippen LogP contribution in [0.15, 0.2) is 12.7 Å². The molecule has 14 heavy (non-hydrogen) atoms. The Hall–Kier alpha value is -1.19. The highest BCUT2D eigenvalue weighted by Gasteiger charge is 2.21. The van der Waals surface area contributed by atoms with Crippen LogP contribution in [0.25, 0.3) is 0 Å². The zero-order chi connectivity index (χ0) is 11.2. The van der Waals surface area contributed by atoms with Gasteiger partial charge in [-0.3, -0.25) is 4.79 Å². The van der Waals surface area contributed by atoms with Crippen LogP contribution >= 0.6 is 0 Å². The molecular weight excluding hydrogens is 178 g/mol. The van der Waals surface area contributed by atoms with E-state index in [0.717, 1.165) is 0 Å². The zero-order valence-corrected chi connectivity index (χ0v) is 9.61. The van der Waals surface area contributed by atoms with E-state index in [4.69, 9.17) is 0 Å². The number of ketones is 1. The first-order valence-corrected chi connectivity index (χ1v) is 4.86. The van der Waals surface area contributed by atoms with Crippen molar-refractivity contribution in [3.8, 4) is 0 Å². The van der Waals surface area contributed by atoms with Crippen molar-refractivity contribution in [2.45, 2.75) is 41.2 Å². The first-order valence-electron chi connectivity index (χ1n) is 4.86. The second-order valence-corrected chi connectivity index (χ2v) is 3.77. The molecular formula is C10H19N3O. The van der Waals surface area contributed by atoms with Crippen molar-refractivity contribution in [3.05, 3.63) is 12.7 Å². The number of Topliss-reactive ketones (excluding diaryl/α,β-unsaturated/α-hetero) is 1. The summed E-state index contributed by atoms with van der Waals surface area (Å²) >= 11 is 0.